The summed E-state index contributed by atoms with van der Waals surface area (Å²) in [5.41, 5.74) is 5.18. The molecule has 0 aromatic heterocycles. The van der Waals surface area contributed by atoms with Crippen LogP contribution >= 0.6 is 11.6 Å². The predicted octanol–water partition coefficient (Wildman–Crippen LogP) is 1.66. The smallest absolute Gasteiger partial charge is 0.273 e. The van der Waals surface area contributed by atoms with Crippen molar-refractivity contribution in [2.75, 3.05) is 0 Å². The van der Waals surface area contributed by atoms with Crippen LogP contribution in [0.4, 0.5) is 5.69 Å². The SMILES string of the molecule is Cc1cc(Cl)c(C(N)=O)cc1[N+](=O)[O-]. The van der Waals surface area contributed by atoms with Crippen LogP contribution in [-0.2, 0) is 0 Å². The molecule has 0 spiro atoms. The number of nitrogens with zero attached hydrogens (tertiary/aromatic N) is 1. The normalized spacial score (nSPS) is 9.86. The van der Waals surface area contributed by atoms with E-state index in [-0.39, 0.29) is 16.3 Å². The van der Waals surface area contributed by atoms with Crippen LogP contribution in [0.25, 0.3) is 0 Å². The van der Waals surface area contributed by atoms with Crippen LogP contribution < -0.4 is 5.73 Å². The van der Waals surface area contributed by atoms with Crippen LogP contribution in [0.5, 0.6) is 0 Å². The largest absolute Gasteiger partial charge is 0.366 e. The summed E-state index contributed by atoms with van der Waals surface area (Å²) in [7, 11) is 0. The summed E-state index contributed by atoms with van der Waals surface area (Å²) < 4.78 is 0. The molecule has 0 atom stereocenters. The van der Waals surface area contributed by atoms with E-state index in [1.54, 1.807) is 0 Å². The molecule has 14 heavy (non-hydrogen) atoms. The number of rotatable bonds is 2. The van der Waals surface area contributed by atoms with E-state index >= 15 is 0 Å². The van der Waals surface area contributed by atoms with Crippen molar-refractivity contribution in [3.05, 3.63) is 38.4 Å². The zero-order valence-corrected chi connectivity index (χ0v) is 8.04. The number of aryl methyl sites for hydroxylation is 1. The molecule has 0 bridgehead atoms. The Morgan fingerprint density at radius 2 is 2.14 bits per heavy atom. The van der Waals surface area contributed by atoms with Gasteiger partial charge in [-0.1, -0.05) is 11.6 Å². The summed E-state index contributed by atoms with van der Waals surface area (Å²) in [4.78, 5) is 20.8. The third-order valence-electron chi connectivity index (χ3n) is 1.75. The molecule has 0 aliphatic carbocycles. The second kappa shape index (κ2) is 3.63. The molecular formula is C8H7ClN2O3. The number of amides is 1. The topological polar surface area (TPSA) is 86.2 Å². The first kappa shape index (κ1) is 10.5. The van der Waals surface area contributed by atoms with Crippen molar-refractivity contribution in [1.82, 2.24) is 0 Å². The third-order valence-corrected chi connectivity index (χ3v) is 2.06. The Morgan fingerprint density at radius 3 is 2.57 bits per heavy atom. The zero-order valence-electron chi connectivity index (χ0n) is 7.28. The monoisotopic (exact) mass is 214 g/mol. The third kappa shape index (κ3) is 1.82. The highest BCUT2D eigenvalue weighted by atomic mass is 35.5. The van der Waals surface area contributed by atoms with Crippen molar-refractivity contribution in [3.8, 4) is 0 Å². The number of nitro benzene ring substituents is 1. The van der Waals surface area contributed by atoms with Crippen LogP contribution in [-0.4, -0.2) is 10.8 Å². The lowest BCUT2D eigenvalue weighted by atomic mass is 10.1. The molecule has 1 aromatic rings. The fourth-order valence-electron chi connectivity index (χ4n) is 1.05. The second-order valence-electron chi connectivity index (χ2n) is 2.74. The van der Waals surface area contributed by atoms with Crippen molar-refractivity contribution in [3.63, 3.8) is 0 Å². The molecule has 0 heterocycles. The molecule has 0 unspecified atom stereocenters. The van der Waals surface area contributed by atoms with Gasteiger partial charge in [-0.2, -0.15) is 0 Å². The molecule has 74 valence electrons. The molecule has 0 fully saturated rings. The fourth-order valence-corrected chi connectivity index (χ4v) is 1.36. The number of halogens is 1. The summed E-state index contributed by atoms with van der Waals surface area (Å²) in [6.45, 7) is 1.54. The number of carbonyl (C=O) groups excluding carboxylic acids is 1. The first-order valence-corrected chi connectivity index (χ1v) is 4.05. The quantitative estimate of drug-likeness (QED) is 0.600. The molecule has 0 aliphatic rings. The molecular weight excluding hydrogens is 208 g/mol. The summed E-state index contributed by atoms with van der Waals surface area (Å²) >= 11 is 5.68. The van der Waals surface area contributed by atoms with E-state index in [1.807, 2.05) is 0 Å². The number of nitro groups is 1. The lowest BCUT2D eigenvalue weighted by Crippen LogP contribution is -2.12. The number of benzene rings is 1. The molecule has 0 saturated carbocycles. The Labute approximate surface area is 84.6 Å². The Balaban J connectivity index is 3.42. The van der Waals surface area contributed by atoms with Gasteiger partial charge >= 0.3 is 0 Å². The summed E-state index contributed by atoms with van der Waals surface area (Å²) in [5, 5.41) is 10.6. The Kier molecular flexibility index (Phi) is 2.71. The van der Waals surface area contributed by atoms with Gasteiger partial charge in [-0.3, -0.25) is 14.9 Å². The van der Waals surface area contributed by atoms with Gasteiger partial charge in [0.1, 0.15) is 0 Å². The second-order valence-corrected chi connectivity index (χ2v) is 3.15. The maximum absolute atomic E-state index is 10.8. The highest BCUT2D eigenvalue weighted by Crippen LogP contribution is 2.25. The van der Waals surface area contributed by atoms with Crippen molar-refractivity contribution in [1.29, 1.82) is 0 Å². The average Bonchev–Trinajstić information content (AvgIpc) is 2.02. The van der Waals surface area contributed by atoms with Crippen molar-refractivity contribution < 1.29 is 9.72 Å². The van der Waals surface area contributed by atoms with Crippen LogP contribution in [0.2, 0.25) is 5.02 Å². The van der Waals surface area contributed by atoms with Gasteiger partial charge < -0.3 is 5.73 Å². The lowest BCUT2D eigenvalue weighted by Gasteiger charge is -2.02. The minimum absolute atomic E-state index is 0.0380. The van der Waals surface area contributed by atoms with E-state index in [4.69, 9.17) is 17.3 Å². The van der Waals surface area contributed by atoms with Crippen molar-refractivity contribution >= 4 is 23.2 Å². The highest BCUT2D eigenvalue weighted by Gasteiger charge is 2.16. The van der Waals surface area contributed by atoms with Crippen molar-refractivity contribution in [2.45, 2.75) is 6.92 Å². The van der Waals surface area contributed by atoms with Gasteiger partial charge in [0.2, 0.25) is 5.91 Å². The van der Waals surface area contributed by atoms with E-state index in [2.05, 4.69) is 0 Å². The van der Waals surface area contributed by atoms with Gasteiger partial charge in [0.25, 0.3) is 5.69 Å². The Bertz CT molecular complexity index is 382. The minimum Gasteiger partial charge on any atom is -0.366 e. The van der Waals surface area contributed by atoms with E-state index in [1.165, 1.54) is 13.0 Å². The molecule has 0 aliphatic heterocycles. The summed E-state index contributed by atoms with van der Waals surface area (Å²) in [6, 6.07) is 2.43. The maximum Gasteiger partial charge on any atom is 0.273 e. The van der Waals surface area contributed by atoms with E-state index < -0.39 is 10.8 Å². The highest BCUT2D eigenvalue weighted by molar-refractivity contribution is 6.34. The Hall–Kier alpha value is -1.62. The number of nitrogens with two attached hydrogens (primary N) is 1. The van der Waals surface area contributed by atoms with Gasteiger partial charge in [-0.15, -0.1) is 0 Å². The molecule has 0 saturated heterocycles. The molecule has 1 rings (SSSR count). The molecule has 1 amide bonds. The lowest BCUT2D eigenvalue weighted by molar-refractivity contribution is -0.385. The Morgan fingerprint density at radius 1 is 1.57 bits per heavy atom. The number of carbonyl (C=O) groups is 1. The van der Waals surface area contributed by atoms with Gasteiger partial charge in [0.15, 0.2) is 0 Å². The molecule has 1 aromatic carbocycles. The number of hydrogen-bond donors (Lipinski definition) is 1. The maximum atomic E-state index is 10.8. The number of hydrogen-bond acceptors (Lipinski definition) is 3. The van der Waals surface area contributed by atoms with Crippen LogP contribution in [0, 0.1) is 17.0 Å². The molecule has 2 N–H and O–H groups in total. The van der Waals surface area contributed by atoms with Crippen LogP contribution in [0.1, 0.15) is 15.9 Å². The first-order chi connectivity index (χ1) is 6.43. The van der Waals surface area contributed by atoms with E-state index in [0.29, 0.717) is 5.56 Å². The van der Waals surface area contributed by atoms with Crippen molar-refractivity contribution in [2.24, 2.45) is 5.73 Å². The zero-order chi connectivity index (χ0) is 10.9. The molecule has 5 nitrogen and oxygen atoms in total. The molecule has 0 radical (unpaired) electrons. The van der Waals surface area contributed by atoms with Gasteiger partial charge in [-0.05, 0) is 13.0 Å². The van der Waals surface area contributed by atoms with Crippen LogP contribution in [0.3, 0.4) is 0 Å². The summed E-state index contributed by atoms with van der Waals surface area (Å²) in [5.74, 6) is -0.780. The van der Waals surface area contributed by atoms with E-state index in [9.17, 15) is 14.9 Å². The minimum atomic E-state index is -0.780. The predicted molar refractivity (Wildman–Crippen MR) is 51.4 cm³/mol. The van der Waals surface area contributed by atoms with Gasteiger partial charge in [0, 0.05) is 11.6 Å². The van der Waals surface area contributed by atoms with E-state index in [0.717, 1.165) is 6.07 Å². The first-order valence-electron chi connectivity index (χ1n) is 3.68. The standard InChI is InChI=1S/C8H7ClN2O3/c1-4-2-6(9)5(8(10)12)3-7(4)11(13)14/h2-3H,1H3,(H2,10,12). The number of primary amides is 1. The fraction of sp³-hybridized carbons (Fsp3) is 0.125. The van der Waals surface area contributed by atoms with Gasteiger partial charge in [0.05, 0.1) is 15.5 Å². The van der Waals surface area contributed by atoms with Crippen LogP contribution in [0.15, 0.2) is 12.1 Å². The van der Waals surface area contributed by atoms with Gasteiger partial charge in [-0.25, -0.2) is 0 Å². The average molecular weight is 215 g/mol. The molecule has 6 heteroatoms. The summed E-state index contributed by atoms with van der Waals surface area (Å²) in [6.07, 6.45) is 0.